The smallest absolute Gasteiger partial charge is 0.258 e. The zero-order valence-corrected chi connectivity index (χ0v) is 18.2. The van der Waals surface area contributed by atoms with Crippen LogP contribution in [0, 0.1) is 4.77 Å². The lowest BCUT2D eigenvalue weighted by Gasteiger charge is -2.43. The third kappa shape index (κ3) is 3.14. The van der Waals surface area contributed by atoms with Gasteiger partial charge in [-0.25, -0.2) is 0 Å². The van der Waals surface area contributed by atoms with Crippen molar-refractivity contribution in [3.05, 3.63) is 50.5 Å². The van der Waals surface area contributed by atoms with Crippen LogP contribution in [0.2, 0.25) is 0 Å². The van der Waals surface area contributed by atoms with Gasteiger partial charge in [-0.05, 0) is 63.7 Å². The van der Waals surface area contributed by atoms with E-state index in [9.17, 15) is 4.79 Å². The van der Waals surface area contributed by atoms with Crippen molar-refractivity contribution in [2.24, 2.45) is 0 Å². The average Bonchev–Trinajstić information content (AvgIpc) is 2.67. The van der Waals surface area contributed by atoms with Crippen molar-refractivity contribution in [3.63, 3.8) is 0 Å². The normalized spacial score (nSPS) is 24.7. The highest BCUT2D eigenvalue weighted by molar-refractivity contribution is 7.71. The minimum atomic E-state index is -0.227. The summed E-state index contributed by atoms with van der Waals surface area (Å²) in [7, 11) is 0. The molecule has 5 rings (SSSR count). The minimum Gasteiger partial charge on any atom is -0.375 e. The Hall–Kier alpha value is -1.72. The van der Waals surface area contributed by atoms with Gasteiger partial charge < -0.3 is 9.72 Å². The first kappa shape index (κ1) is 19.3. The molecule has 1 atom stereocenters. The summed E-state index contributed by atoms with van der Waals surface area (Å²) in [6.07, 6.45) is 8.46. The lowest BCUT2D eigenvalue weighted by Crippen LogP contribution is -2.45. The number of aromatic amines is 1. The number of hydrogen-bond acceptors (Lipinski definition) is 3. The molecule has 3 aliphatic rings. The third-order valence-corrected chi connectivity index (χ3v) is 7.62. The van der Waals surface area contributed by atoms with Gasteiger partial charge in [-0.1, -0.05) is 43.5 Å². The molecule has 2 heterocycles. The minimum absolute atomic E-state index is 0.0546. The number of nitrogens with zero attached hydrogens (tertiary/aromatic N) is 1. The fourth-order valence-corrected chi connectivity index (χ4v) is 6.36. The summed E-state index contributed by atoms with van der Waals surface area (Å²) in [5.74, 6) is 0. The number of benzene rings is 1. The zero-order chi connectivity index (χ0) is 20.2. The molecule has 1 N–H and O–H groups in total. The number of hydrogen-bond donors (Lipinski definition) is 1. The summed E-state index contributed by atoms with van der Waals surface area (Å²) in [5, 5.41) is 0. The van der Waals surface area contributed by atoms with Crippen LogP contribution in [0.25, 0.3) is 11.3 Å². The average molecular weight is 411 g/mol. The van der Waals surface area contributed by atoms with E-state index in [1.54, 1.807) is 0 Å². The predicted molar refractivity (Wildman–Crippen MR) is 118 cm³/mol. The fraction of sp³-hybridized carbons (Fsp3) is 0.583. The van der Waals surface area contributed by atoms with Gasteiger partial charge >= 0.3 is 0 Å². The Labute approximate surface area is 177 Å². The first-order valence-corrected chi connectivity index (χ1v) is 11.4. The molecule has 0 bridgehead atoms. The van der Waals surface area contributed by atoms with Gasteiger partial charge in [0.25, 0.3) is 5.56 Å². The lowest BCUT2D eigenvalue weighted by atomic mass is 9.62. The van der Waals surface area contributed by atoms with Crippen molar-refractivity contribution in [1.82, 2.24) is 9.55 Å². The molecule has 1 aromatic heterocycles. The van der Waals surface area contributed by atoms with E-state index in [0.29, 0.717) is 11.4 Å². The standard InChI is InChI=1S/C24H30N2O2S/c1-23(2)15-17(10-13-28-23)26-21(27)19-20(25-22(26)29)18-9-5-4-8-16(18)14-24(19)11-6-3-7-12-24/h4-5,8-9,17H,3,6-7,10-15H2,1-2H3,(H,25,29)/t17-/m1/s1. The Morgan fingerprint density at radius 3 is 2.69 bits per heavy atom. The van der Waals surface area contributed by atoms with E-state index < -0.39 is 0 Å². The Morgan fingerprint density at radius 2 is 1.93 bits per heavy atom. The summed E-state index contributed by atoms with van der Waals surface area (Å²) in [6.45, 7) is 4.88. The Balaban J connectivity index is 1.74. The summed E-state index contributed by atoms with van der Waals surface area (Å²) in [5.41, 5.74) is 4.33. The Kier molecular flexibility index (Phi) is 4.59. The van der Waals surface area contributed by atoms with E-state index in [0.717, 1.165) is 48.9 Å². The maximum Gasteiger partial charge on any atom is 0.258 e. The summed E-state index contributed by atoms with van der Waals surface area (Å²) >= 11 is 5.77. The molecule has 0 unspecified atom stereocenters. The topological polar surface area (TPSA) is 47.0 Å². The van der Waals surface area contributed by atoms with E-state index in [1.807, 2.05) is 4.57 Å². The molecule has 1 saturated heterocycles. The molecule has 2 aliphatic carbocycles. The summed E-state index contributed by atoms with van der Waals surface area (Å²) in [4.78, 5) is 17.6. The van der Waals surface area contributed by atoms with Crippen LogP contribution in [0.1, 0.15) is 76.0 Å². The highest BCUT2D eigenvalue weighted by Crippen LogP contribution is 2.48. The number of ether oxygens (including phenoxy) is 1. The maximum absolute atomic E-state index is 14.1. The number of aromatic nitrogens is 2. The van der Waals surface area contributed by atoms with Crippen molar-refractivity contribution in [3.8, 4) is 11.3 Å². The van der Waals surface area contributed by atoms with Crippen molar-refractivity contribution in [2.75, 3.05) is 6.61 Å². The van der Waals surface area contributed by atoms with Crippen LogP contribution in [0.4, 0.5) is 0 Å². The molecular formula is C24H30N2O2S. The first-order chi connectivity index (χ1) is 13.9. The van der Waals surface area contributed by atoms with E-state index in [2.05, 4.69) is 43.1 Å². The van der Waals surface area contributed by atoms with Crippen molar-refractivity contribution < 1.29 is 4.74 Å². The maximum atomic E-state index is 14.1. The van der Waals surface area contributed by atoms with E-state index in [4.69, 9.17) is 17.0 Å². The van der Waals surface area contributed by atoms with Crippen molar-refractivity contribution >= 4 is 12.2 Å². The Bertz CT molecular complexity index is 1060. The Morgan fingerprint density at radius 1 is 1.17 bits per heavy atom. The van der Waals surface area contributed by atoms with Gasteiger partial charge in [-0.15, -0.1) is 0 Å². The molecule has 0 radical (unpaired) electrons. The fourth-order valence-electron chi connectivity index (χ4n) is 6.02. The second-order valence-electron chi connectivity index (χ2n) is 9.78. The second-order valence-corrected chi connectivity index (χ2v) is 10.2. The van der Waals surface area contributed by atoms with Gasteiger partial charge in [0.15, 0.2) is 4.77 Å². The number of H-pyrrole nitrogens is 1. The van der Waals surface area contributed by atoms with Gasteiger partial charge in [-0.3, -0.25) is 9.36 Å². The van der Waals surface area contributed by atoms with E-state index in [-0.39, 0.29) is 22.6 Å². The van der Waals surface area contributed by atoms with Crippen LogP contribution in [0.3, 0.4) is 0 Å². The quantitative estimate of drug-likeness (QED) is 0.635. The number of rotatable bonds is 1. The largest absolute Gasteiger partial charge is 0.375 e. The van der Waals surface area contributed by atoms with E-state index >= 15 is 0 Å². The number of nitrogens with one attached hydrogen (secondary N) is 1. The van der Waals surface area contributed by atoms with Gasteiger partial charge in [0.05, 0.1) is 11.3 Å². The molecule has 1 saturated carbocycles. The van der Waals surface area contributed by atoms with Crippen LogP contribution in [-0.2, 0) is 16.6 Å². The van der Waals surface area contributed by atoms with E-state index in [1.165, 1.54) is 24.8 Å². The van der Waals surface area contributed by atoms with Gasteiger partial charge in [0, 0.05) is 29.2 Å². The molecule has 29 heavy (non-hydrogen) atoms. The third-order valence-electron chi connectivity index (χ3n) is 7.33. The highest BCUT2D eigenvalue weighted by atomic mass is 32.1. The van der Waals surface area contributed by atoms with Crippen molar-refractivity contribution in [2.45, 2.75) is 82.3 Å². The lowest BCUT2D eigenvalue weighted by molar-refractivity contribution is -0.0699. The van der Waals surface area contributed by atoms with Crippen LogP contribution in [0.15, 0.2) is 29.1 Å². The van der Waals surface area contributed by atoms with Gasteiger partial charge in [-0.2, -0.15) is 0 Å². The molecule has 1 aromatic carbocycles. The number of fused-ring (bicyclic) bond motifs is 4. The van der Waals surface area contributed by atoms with Gasteiger partial charge in [0.1, 0.15) is 0 Å². The molecule has 0 amide bonds. The van der Waals surface area contributed by atoms with Crippen LogP contribution in [-0.4, -0.2) is 21.8 Å². The zero-order valence-electron chi connectivity index (χ0n) is 17.4. The molecule has 2 aromatic rings. The molecule has 1 aliphatic heterocycles. The van der Waals surface area contributed by atoms with Crippen LogP contribution >= 0.6 is 12.2 Å². The monoisotopic (exact) mass is 410 g/mol. The van der Waals surface area contributed by atoms with Gasteiger partial charge in [0.2, 0.25) is 0 Å². The SMILES string of the molecule is CC1(C)C[C@H](n2c(=S)[nH]c3c(c2=O)C2(CCCCC2)Cc2ccccc2-3)CCO1. The molecule has 5 heteroatoms. The van der Waals surface area contributed by atoms with Crippen molar-refractivity contribution in [1.29, 1.82) is 0 Å². The van der Waals surface area contributed by atoms with Crippen LogP contribution in [0.5, 0.6) is 0 Å². The molecule has 2 fully saturated rings. The molecule has 154 valence electrons. The van der Waals surface area contributed by atoms with Crippen LogP contribution < -0.4 is 5.56 Å². The predicted octanol–water partition coefficient (Wildman–Crippen LogP) is 5.46. The molecule has 4 nitrogen and oxygen atoms in total. The molecule has 1 spiro atoms. The summed E-state index contributed by atoms with van der Waals surface area (Å²) < 4.78 is 8.35. The first-order valence-electron chi connectivity index (χ1n) is 11.0. The summed E-state index contributed by atoms with van der Waals surface area (Å²) in [6, 6.07) is 8.62. The highest BCUT2D eigenvalue weighted by Gasteiger charge is 2.43. The second kappa shape index (κ2) is 6.92. The molecular weight excluding hydrogens is 380 g/mol.